The number of amides is 3. The number of likely N-dealkylation sites (N-methyl/N-ethyl adjacent to an activating group) is 1. The largest absolute Gasteiger partial charge is 0.465 e. The number of aromatic amines is 2. The van der Waals surface area contributed by atoms with Crippen molar-refractivity contribution in [2.24, 2.45) is 11.8 Å². The Morgan fingerprint density at radius 3 is 2.03 bits per heavy atom. The molecule has 2 aliphatic heterocycles. The Morgan fingerprint density at radius 1 is 0.800 bits per heavy atom. The summed E-state index contributed by atoms with van der Waals surface area (Å²) in [5, 5.41) is 23.7. The first-order valence-electron chi connectivity index (χ1n) is 20.4. The number of fused-ring (bicyclic) bond motifs is 1. The Morgan fingerprint density at radius 2 is 1.40 bits per heavy atom. The van der Waals surface area contributed by atoms with Gasteiger partial charge in [0.2, 0.25) is 11.8 Å². The molecular weight excluding hydrogens is 755 g/mol. The van der Waals surface area contributed by atoms with Crippen molar-refractivity contribution in [3.63, 3.8) is 0 Å². The lowest BCUT2D eigenvalue weighted by atomic mass is 9.98. The van der Waals surface area contributed by atoms with Gasteiger partial charge in [-0.3, -0.25) is 14.5 Å². The van der Waals surface area contributed by atoms with E-state index in [1.54, 1.807) is 11.1 Å². The highest BCUT2D eigenvalue weighted by molar-refractivity contribution is 5.91. The smallest absolute Gasteiger partial charge is 0.405 e. The first kappa shape index (κ1) is 40.0. The number of hydrogen-bond donors (Lipinski definition) is 4. The summed E-state index contributed by atoms with van der Waals surface area (Å²) in [4.78, 5) is 60.7. The molecule has 4 N–H and O–H groups in total. The number of aromatic nitrogens is 4. The SMILES string of the molecule is CC(C)[C@H](NC(=O)O)C(=O)N1CCC[C@H]1c1ncc(-c2ccc(-c3ccc4cc(-c5cnc([C@@H]6C[C@H](C#N)CN6C(=O)[C@@H](c6ccccc6)N(C)C)[nH]5)ccc4c3)cc2)[nH]1. The number of nitriles is 1. The molecule has 2 aliphatic rings. The summed E-state index contributed by atoms with van der Waals surface area (Å²) in [5.74, 6) is 0.623. The van der Waals surface area contributed by atoms with E-state index >= 15 is 0 Å². The molecule has 0 saturated carbocycles. The van der Waals surface area contributed by atoms with E-state index in [1.165, 1.54) is 0 Å². The van der Waals surface area contributed by atoms with Gasteiger partial charge in [-0.05, 0) is 84.4 Å². The molecule has 13 nitrogen and oxygen atoms in total. The number of nitrogens with one attached hydrogen (secondary N) is 3. The number of benzene rings is 4. The van der Waals surface area contributed by atoms with Gasteiger partial charge in [0.15, 0.2) is 0 Å². The van der Waals surface area contributed by atoms with Gasteiger partial charge >= 0.3 is 6.09 Å². The van der Waals surface area contributed by atoms with Crippen LogP contribution in [0.25, 0.3) is 44.4 Å². The van der Waals surface area contributed by atoms with Crippen molar-refractivity contribution < 1.29 is 19.5 Å². The Hall–Kier alpha value is -6.78. The number of rotatable bonds is 11. The van der Waals surface area contributed by atoms with Gasteiger partial charge in [-0.2, -0.15) is 5.26 Å². The van der Waals surface area contributed by atoms with Crippen molar-refractivity contribution in [1.29, 1.82) is 5.26 Å². The second-order valence-electron chi connectivity index (χ2n) is 16.4. The van der Waals surface area contributed by atoms with Gasteiger partial charge in [0.05, 0.1) is 47.9 Å². The normalized spacial score (nSPS) is 18.9. The second kappa shape index (κ2) is 16.8. The standard InChI is InChI=1S/C47H49N9O4/c1-28(2)41(53-47(59)60)45(57)55-20-8-11-39(55)43-49-25-37(51-43)31-14-12-30(13-15-31)33-16-17-35-23-36(19-18-34(35)22-33)38-26-50-44(52-38)40-21-29(24-48)27-56(40)46(58)42(54(3)4)32-9-6-5-7-10-32/h5-7,9-10,12-19,22-23,25-26,28-29,39-42,53H,8,11,20-21,27H2,1-4H3,(H,49,51)(H,50,52)(H,59,60)/t29-,39+,40+,41+,42-/m1/s1. The zero-order valence-corrected chi connectivity index (χ0v) is 34.2. The van der Waals surface area contributed by atoms with E-state index in [9.17, 15) is 24.8 Å². The maximum absolute atomic E-state index is 14.1. The number of hydrogen-bond acceptors (Lipinski definition) is 7. The molecule has 0 spiro atoms. The monoisotopic (exact) mass is 803 g/mol. The fourth-order valence-electron chi connectivity index (χ4n) is 8.77. The van der Waals surface area contributed by atoms with Gasteiger partial charge in [0.25, 0.3) is 0 Å². The molecular formula is C47H49N9O4. The Bertz CT molecular complexity index is 2560. The molecule has 4 aromatic carbocycles. The maximum Gasteiger partial charge on any atom is 0.405 e. The van der Waals surface area contributed by atoms with E-state index in [0.29, 0.717) is 31.2 Å². The lowest BCUT2D eigenvalue weighted by Gasteiger charge is -2.31. The minimum absolute atomic E-state index is 0.0474. The summed E-state index contributed by atoms with van der Waals surface area (Å²) in [6.07, 6.45) is 4.47. The zero-order valence-electron chi connectivity index (χ0n) is 34.2. The molecule has 13 heteroatoms. The quantitative estimate of drug-likeness (QED) is 0.102. The number of nitrogens with zero attached hydrogens (tertiary/aromatic N) is 6. The number of imidazole rings is 2. The van der Waals surface area contributed by atoms with Crippen LogP contribution in [0.2, 0.25) is 0 Å². The average Bonchev–Trinajstić information content (AvgIpc) is 4.09. The van der Waals surface area contributed by atoms with Crippen LogP contribution in [0.5, 0.6) is 0 Å². The van der Waals surface area contributed by atoms with E-state index in [-0.39, 0.29) is 35.7 Å². The molecule has 8 rings (SSSR count). The first-order chi connectivity index (χ1) is 29.0. The van der Waals surface area contributed by atoms with E-state index in [1.807, 2.05) is 74.3 Å². The highest BCUT2D eigenvalue weighted by Gasteiger charge is 2.41. The zero-order chi connectivity index (χ0) is 42.1. The molecule has 2 fully saturated rings. The molecule has 5 atom stereocenters. The van der Waals surface area contributed by atoms with Crippen LogP contribution in [0.4, 0.5) is 4.79 Å². The van der Waals surface area contributed by atoms with E-state index in [2.05, 4.69) is 87.0 Å². The lowest BCUT2D eigenvalue weighted by Crippen LogP contribution is -2.50. The Balaban J connectivity index is 0.963. The summed E-state index contributed by atoms with van der Waals surface area (Å²) in [6.45, 7) is 4.58. The van der Waals surface area contributed by atoms with Crippen LogP contribution >= 0.6 is 0 Å². The minimum Gasteiger partial charge on any atom is -0.465 e. The molecule has 2 aromatic heterocycles. The van der Waals surface area contributed by atoms with Gasteiger partial charge in [0, 0.05) is 18.7 Å². The molecule has 0 aliphatic carbocycles. The Kier molecular flexibility index (Phi) is 11.2. The summed E-state index contributed by atoms with van der Waals surface area (Å²) in [6, 6.07) is 31.2. The van der Waals surface area contributed by atoms with E-state index < -0.39 is 18.2 Å². The average molecular weight is 804 g/mol. The van der Waals surface area contributed by atoms with Crippen molar-refractivity contribution in [1.82, 2.24) is 40.0 Å². The van der Waals surface area contributed by atoms with Crippen LogP contribution in [-0.2, 0) is 9.59 Å². The summed E-state index contributed by atoms with van der Waals surface area (Å²) in [5.41, 5.74) is 6.68. The highest BCUT2D eigenvalue weighted by Crippen LogP contribution is 2.38. The number of likely N-dealkylation sites (tertiary alicyclic amines) is 2. The van der Waals surface area contributed by atoms with E-state index in [4.69, 9.17) is 4.98 Å². The van der Waals surface area contributed by atoms with Crippen LogP contribution in [0, 0.1) is 23.2 Å². The molecule has 60 heavy (non-hydrogen) atoms. The third-order valence-corrected chi connectivity index (χ3v) is 11.9. The van der Waals surface area contributed by atoms with Gasteiger partial charge < -0.3 is 30.2 Å². The third kappa shape index (κ3) is 7.98. The van der Waals surface area contributed by atoms with Crippen LogP contribution in [0.1, 0.15) is 68.4 Å². The summed E-state index contributed by atoms with van der Waals surface area (Å²) >= 11 is 0. The number of carbonyl (C=O) groups is 3. The number of carbonyl (C=O) groups excluding carboxylic acids is 2. The molecule has 0 radical (unpaired) electrons. The lowest BCUT2D eigenvalue weighted by molar-refractivity contribution is -0.137. The maximum atomic E-state index is 14.1. The Labute approximate surface area is 349 Å². The van der Waals surface area contributed by atoms with Crippen molar-refractivity contribution in [2.45, 2.75) is 57.3 Å². The highest BCUT2D eigenvalue weighted by atomic mass is 16.4. The molecule has 2 saturated heterocycles. The van der Waals surface area contributed by atoms with Gasteiger partial charge in [-0.25, -0.2) is 14.8 Å². The van der Waals surface area contributed by atoms with Gasteiger partial charge in [0.1, 0.15) is 23.7 Å². The van der Waals surface area contributed by atoms with Crippen LogP contribution in [0.15, 0.2) is 103 Å². The van der Waals surface area contributed by atoms with Crippen molar-refractivity contribution in [2.75, 3.05) is 27.2 Å². The number of H-pyrrole nitrogens is 2. The first-order valence-corrected chi connectivity index (χ1v) is 20.4. The van der Waals surface area contributed by atoms with Crippen LogP contribution in [0.3, 0.4) is 0 Å². The molecule has 306 valence electrons. The van der Waals surface area contributed by atoms with Gasteiger partial charge in [-0.15, -0.1) is 0 Å². The fourth-order valence-corrected chi connectivity index (χ4v) is 8.77. The number of carboxylic acid groups (broad SMARTS) is 1. The van der Waals surface area contributed by atoms with Gasteiger partial charge in [-0.1, -0.05) is 92.7 Å². The third-order valence-electron chi connectivity index (χ3n) is 11.9. The fraction of sp³-hybridized carbons (Fsp3) is 0.319. The predicted molar refractivity (Wildman–Crippen MR) is 229 cm³/mol. The summed E-state index contributed by atoms with van der Waals surface area (Å²) in [7, 11) is 3.80. The molecule has 0 bridgehead atoms. The molecule has 0 unspecified atom stereocenters. The molecule has 6 aromatic rings. The van der Waals surface area contributed by atoms with Crippen molar-refractivity contribution >= 4 is 28.7 Å². The molecule has 3 amide bonds. The topological polar surface area (TPSA) is 174 Å². The van der Waals surface area contributed by atoms with Crippen LogP contribution < -0.4 is 5.32 Å². The second-order valence-corrected chi connectivity index (χ2v) is 16.4. The van der Waals surface area contributed by atoms with Crippen molar-refractivity contribution in [3.05, 3.63) is 121 Å². The molecule has 4 heterocycles. The van der Waals surface area contributed by atoms with Crippen LogP contribution in [-0.4, -0.2) is 90.9 Å². The van der Waals surface area contributed by atoms with Crippen molar-refractivity contribution in [3.8, 4) is 39.7 Å². The minimum atomic E-state index is -1.21. The predicted octanol–water partition coefficient (Wildman–Crippen LogP) is 7.96. The summed E-state index contributed by atoms with van der Waals surface area (Å²) < 4.78 is 0. The van der Waals surface area contributed by atoms with E-state index in [0.717, 1.165) is 62.8 Å².